The molecule has 3 amide bonds. The minimum atomic E-state index is -0.760. The lowest BCUT2D eigenvalue weighted by atomic mass is 9.92. The van der Waals surface area contributed by atoms with Crippen molar-refractivity contribution in [3.05, 3.63) is 84.3 Å². The molecular formula is C26H26FN7O3. The first-order valence-electron chi connectivity index (χ1n) is 11.3. The Bertz CT molecular complexity index is 1450. The van der Waals surface area contributed by atoms with Gasteiger partial charge in [0.15, 0.2) is 0 Å². The lowest BCUT2D eigenvalue weighted by Gasteiger charge is -2.21. The van der Waals surface area contributed by atoms with Crippen molar-refractivity contribution < 1.29 is 18.7 Å². The Morgan fingerprint density at radius 2 is 1.78 bits per heavy atom. The van der Waals surface area contributed by atoms with Crippen LogP contribution in [-0.2, 0) is 5.41 Å². The quantitative estimate of drug-likeness (QED) is 0.400. The summed E-state index contributed by atoms with van der Waals surface area (Å²) in [7, 11) is 1.52. The first-order valence-corrected chi connectivity index (χ1v) is 11.3. The van der Waals surface area contributed by atoms with Crippen molar-refractivity contribution in [2.75, 3.05) is 11.9 Å². The van der Waals surface area contributed by atoms with Gasteiger partial charge in [-0.05, 0) is 30.3 Å². The molecule has 4 rings (SSSR count). The molecule has 0 spiro atoms. The number of halogens is 1. The van der Waals surface area contributed by atoms with E-state index >= 15 is 0 Å². The summed E-state index contributed by atoms with van der Waals surface area (Å²) in [6, 6.07) is 12.0. The van der Waals surface area contributed by atoms with Crippen LogP contribution in [0.25, 0.3) is 5.69 Å². The van der Waals surface area contributed by atoms with Gasteiger partial charge in [0, 0.05) is 36.9 Å². The molecule has 0 saturated carbocycles. The summed E-state index contributed by atoms with van der Waals surface area (Å²) in [5.74, 6) is 0.319. The number of rotatable bonds is 6. The fraction of sp³-hybridized carbons (Fsp3) is 0.192. The molecule has 0 fully saturated rings. The number of urea groups is 1. The maximum Gasteiger partial charge on any atom is 0.325 e. The summed E-state index contributed by atoms with van der Waals surface area (Å²) < 4.78 is 21.3. The van der Waals surface area contributed by atoms with E-state index in [0.717, 1.165) is 6.20 Å². The molecule has 0 radical (unpaired) electrons. The molecule has 37 heavy (non-hydrogen) atoms. The molecule has 0 aliphatic heterocycles. The van der Waals surface area contributed by atoms with E-state index in [0.29, 0.717) is 34.4 Å². The zero-order valence-electron chi connectivity index (χ0n) is 20.8. The number of ether oxygens (including phenoxy) is 1. The number of carbonyl (C=O) groups is 2. The highest BCUT2D eigenvalue weighted by molar-refractivity contribution is 5.98. The summed E-state index contributed by atoms with van der Waals surface area (Å²) >= 11 is 0. The topological polar surface area (TPSA) is 128 Å². The monoisotopic (exact) mass is 503 g/mol. The summed E-state index contributed by atoms with van der Waals surface area (Å²) in [4.78, 5) is 33.7. The van der Waals surface area contributed by atoms with Crippen LogP contribution in [0.4, 0.5) is 20.7 Å². The number of aromatic nitrogens is 4. The molecule has 0 saturated heterocycles. The Morgan fingerprint density at radius 3 is 2.41 bits per heavy atom. The first kappa shape index (κ1) is 25.3. The van der Waals surface area contributed by atoms with E-state index in [1.807, 2.05) is 20.8 Å². The first-order chi connectivity index (χ1) is 17.6. The lowest BCUT2D eigenvalue weighted by molar-refractivity contribution is 0.0957. The number of amides is 3. The molecule has 10 nitrogen and oxygen atoms in total. The molecule has 190 valence electrons. The van der Waals surface area contributed by atoms with Gasteiger partial charge in [-0.3, -0.25) is 14.8 Å². The number of nitrogens with two attached hydrogens (primary N) is 1. The van der Waals surface area contributed by atoms with Crippen LogP contribution in [0.5, 0.6) is 11.5 Å². The number of pyridine rings is 2. The predicted octanol–water partition coefficient (Wildman–Crippen LogP) is 4.47. The molecule has 0 aliphatic rings. The Balaban J connectivity index is 1.70. The summed E-state index contributed by atoms with van der Waals surface area (Å²) in [5.41, 5.74) is 7.09. The molecule has 0 atom stereocenters. The van der Waals surface area contributed by atoms with Gasteiger partial charge in [-0.25, -0.2) is 18.8 Å². The van der Waals surface area contributed by atoms with Crippen molar-refractivity contribution >= 4 is 23.4 Å². The van der Waals surface area contributed by atoms with E-state index < -0.39 is 11.8 Å². The van der Waals surface area contributed by atoms with Gasteiger partial charge < -0.3 is 15.8 Å². The highest BCUT2D eigenvalue weighted by atomic mass is 19.1. The van der Waals surface area contributed by atoms with Crippen LogP contribution < -0.4 is 20.7 Å². The summed E-state index contributed by atoms with van der Waals surface area (Å²) in [6.45, 7) is 5.92. The number of benzene rings is 1. The smallest absolute Gasteiger partial charge is 0.325 e. The minimum Gasteiger partial charge on any atom is -0.457 e. The van der Waals surface area contributed by atoms with Gasteiger partial charge in [0.1, 0.15) is 28.8 Å². The molecule has 3 aromatic heterocycles. The standard InChI is InChI=1S/C26H26FN7O3/c1-26(2,3)22-13-23(34(32-22)18-11-16(27)14-30-15-18)33(25(28)36)17-5-7-19(8-6-17)37-20-9-10-31-21(12-20)24(35)29-4/h5-15H,1-4H3,(H2,28,36)(H,29,35). The van der Waals surface area contributed by atoms with Gasteiger partial charge in [-0.15, -0.1) is 0 Å². The second kappa shape index (κ2) is 10.1. The van der Waals surface area contributed by atoms with E-state index in [1.54, 1.807) is 36.4 Å². The second-order valence-electron chi connectivity index (χ2n) is 9.14. The van der Waals surface area contributed by atoms with Crippen molar-refractivity contribution in [2.45, 2.75) is 26.2 Å². The third kappa shape index (κ3) is 5.56. The largest absolute Gasteiger partial charge is 0.457 e. The molecule has 1 aromatic carbocycles. The Kier molecular flexibility index (Phi) is 6.87. The number of hydrogen-bond acceptors (Lipinski definition) is 6. The maximum absolute atomic E-state index is 14.0. The SMILES string of the molecule is CNC(=O)c1cc(Oc2ccc(N(C(N)=O)c3cc(C(C)(C)C)nn3-c3cncc(F)c3)cc2)ccn1. The van der Waals surface area contributed by atoms with Crippen LogP contribution in [-0.4, -0.2) is 38.7 Å². The van der Waals surface area contributed by atoms with E-state index in [9.17, 15) is 14.0 Å². The van der Waals surface area contributed by atoms with Crippen molar-refractivity contribution in [1.29, 1.82) is 0 Å². The number of anilines is 2. The Hall–Kier alpha value is -4.80. The van der Waals surface area contributed by atoms with Crippen LogP contribution in [0, 0.1) is 5.82 Å². The van der Waals surface area contributed by atoms with Crippen LogP contribution >= 0.6 is 0 Å². The molecule has 3 N–H and O–H groups in total. The summed E-state index contributed by atoms with van der Waals surface area (Å²) in [5, 5.41) is 7.13. The normalized spacial score (nSPS) is 11.2. The van der Waals surface area contributed by atoms with Crippen LogP contribution in [0.3, 0.4) is 0 Å². The molecule has 0 bridgehead atoms. The van der Waals surface area contributed by atoms with Gasteiger partial charge in [0.2, 0.25) is 0 Å². The van der Waals surface area contributed by atoms with E-state index in [1.165, 1.54) is 41.2 Å². The van der Waals surface area contributed by atoms with E-state index in [4.69, 9.17) is 10.5 Å². The van der Waals surface area contributed by atoms with Crippen LogP contribution in [0.2, 0.25) is 0 Å². The van der Waals surface area contributed by atoms with Crippen LogP contribution in [0.1, 0.15) is 37.0 Å². The average molecular weight is 504 g/mol. The maximum atomic E-state index is 14.0. The fourth-order valence-corrected chi connectivity index (χ4v) is 3.50. The van der Waals surface area contributed by atoms with Gasteiger partial charge >= 0.3 is 6.03 Å². The number of carbonyl (C=O) groups excluding carboxylic acids is 2. The second-order valence-corrected chi connectivity index (χ2v) is 9.14. The van der Waals surface area contributed by atoms with E-state index in [-0.39, 0.29) is 17.0 Å². The minimum absolute atomic E-state index is 0.214. The lowest BCUT2D eigenvalue weighted by Crippen LogP contribution is -2.33. The molecular weight excluding hydrogens is 477 g/mol. The number of hydrogen-bond donors (Lipinski definition) is 2. The highest BCUT2D eigenvalue weighted by Gasteiger charge is 2.27. The summed E-state index contributed by atoms with van der Waals surface area (Å²) in [6.07, 6.45) is 4.00. The van der Waals surface area contributed by atoms with Gasteiger partial charge in [-0.2, -0.15) is 5.10 Å². The number of nitrogens with one attached hydrogen (secondary N) is 1. The molecule has 0 aliphatic carbocycles. The number of nitrogens with zero attached hydrogens (tertiary/aromatic N) is 5. The van der Waals surface area contributed by atoms with Crippen molar-refractivity contribution in [3.8, 4) is 17.2 Å². The third-order valence-electron chi connectivity index (χ3n) is 5.37. The number of primary amides is 1. The Labute approximate surface area is 212 Å². The molecule has 3 heterocycles. The van der Waals surface area contributed by atoms with Gasteiger partial charge in [0.05, 0.1) is 29.5 Å². The van der Waals surface area contributed by atoms with Crippen molar-refractivity contribution in [3.63, 3.8) is 0 Å². The van der Waals surface area contributed by atoms with Crippen LogP contribution in [0.15, 0.2) is 67.1 Å². The molecule has 11 heteroatoms. The predicted molar refractivity (Wildman–Crippen MR) is 136 cm³/mol. The fourth-order valence-electron chi connectivity index (χ4n) is 3.50. The van der Waals surface area contributed by atoms with Gasteiger partial charge in [0.25, 0.3) is 5.91 Å². The van der Waals surface area contributed by atoms with Crippen molar-refractivity contribution in [1.82, 2.24) is 25.1 Å². The van der Waals surface area contributed by atoms with E-state index in [2.05, 4.69) is 20.4 Å². The Morgan fingerprint density at radius 1 is 1.05 bits per heavy atom. The zero-order chi connectivity index (χ0) is 26.7. The van der Waals surface area contributed by atoms with Gasteiger partial charge in [-0.1, -0.05) is 20.8 Å². The molecule has 0 unspecified atom stereocenters. The van der Waals surface area contributed by atoms with Crippen molar-refractivity contribution in [2.24, 2.45) is 5.73 Å². The highest BCUT2D eigenvalue weighted by Crippen LogP contribution is 2.34. The zero-order valence-corrected chi connectivity index (χ0v) is 20.8. The average Bonchev–Trinajstić information content (AvgIpc) is 3.30. The molecule has 4 aromatic rings. The third-order valence-corrected chi connectivity index (χ3v) is 5.37.